The molecule has 1 aliphatic heterocycles. The largest absolute Gasteiger partial charge is 0.343 e. The molecule has 3 aromatic rings. The Morgan fingerprint density at radius 1 is 1.22 bits per heavy atom. The molecule has 0 saturated carbocycles. The fourth-order valence-electron chi connectivity index (χ4n) is 3.50. The van der Waals surface area contributed by atoms with Crippen molar-refractivity contribution in [1.29, 1.82) is 0 Å². The maximum absolute atomic E-state index is 13.9. The van der Waals surface area contributed by atoms with Crippen molar-refractivity contribution in [2.75, 3.05) is 13.1 Å². The number of hydrogen-bond donors (Lipinski definition) is 1. The van der Waals surface area contributed by atoms with Crippen LogP contribution in [-0.4, -0.2) is 43.8 Å². The topological polar surface area (TPSA) is 74.8 Å². The van der Waals surface area contributed by atoms with Crippen molar-refractivity contribution in [3.63, 3.8) is 0 Å². The van der Waals surface area contributed by atoms with Crippen LogP contribution in [0.2, 0.25) is 0 Å². The minimum absolute atomic E-state index is 0.140. The fraction of sp³-hybridized carbons (Fsp3) is 0.300. The van der Waals surface area contributed by atoms with Gasteiger partial charge in [0, 0.05) is 31.7 Å². The van der Waals surface area contributed by atoms with E-state index in [1.807, 2.05) is 0 Å². The highest BCUT2D eigenvalue weighted by Gasteiger charge is 2.26. The normalized spacial score (nSPS) is 17.1. The standard InChI is InChI=1S/C20H20FN5O/c21-17-6-2-1-5-16(17)20(27)26-9-3-4-14(13-26)10-15-11-25-18(12-24-15)19-22-7-8-23-19/h1-2,5-8,11-12,14H,3-4,9-10,13H2,(H,22,23)/t14-/m0/s1. The molecule has 1 atom stereocenters. The summed E-state index contributed by atoms with van der Waals surface area (Å²) in [5.41, 5.74) is 1.72. The Balaban J connectivity index is 1.41. The van der Waals surface area contributed by atoms with Crippen LogP contribution < -0.4 is 0 Å². The Kier molecular flexibility index (Phi) is 4.91. The van der Waals surface area contributed by atoms with Gasteiger partial charge in [0.1, 0.15) is 11.5 Å². The molecule has 4 rings (SSSR count). The van der Waals surface area contributed by atoms with E-state index in [0.717, 1.165) is 25.0 Å². The molecule has 1 amide bonds. The lowest BCUT2D eigenvalue weighted by molar-refractivity contribution is 0.0668. The Morgan fingerprint density at radius 3 is 2.85 bits per heavy atom. The van der Waals surface area contributed by atoms with E-state index in [2.05, 4.69) is 19.9 Å². The Hall–Kier alpha value is -3.09. The predicted octanol–water partition coefficient (Wildman–Crippen LogP) is 3.10. The maximum atomic E-state index is 13.9. The molecule has 0 spiro atoms. The first kappa shape index (κ1) is 17.3. The summed E-state index contributed by atoms with van der Waals surface area (Å²) < 4.78 is 13.9. The second-order valence-electron chi connectivity index (χ2n) is 6.77. The minimum Gasteiger partial charge on any atom is -0.343 e. The average molecular weight is 365 g/mol. The van der Waals surface area contributed by atoms with E-state index in [4.69, 9.17) is 0 Å². The number of hydrogen-bond acceptors (Lipinski definition) is 4. The van der Waals surface area contributed by atoms with Crippen molar-refractivity contribution < 1.29 is 9.18 Å². The zero-order valence-electron chi connectivity index (χ0n) is 14.8. The molecule has 138 valence electrons. The number of carbonyl (C=O) groups excluding carboxylic acids is 1. The fourth-order valence-corrected chi connectivity index (χ4v) is 3.50. The first-order valence-corrected chi connectivity index (χ1v) is 9.05. The van der Waals surface area contributed by atoms with Gasteiger partial charge in [-0.1, -0.05) is 12.1 Å². The second-order valence-corrected chi connectivity index (χ2v) is 6.77. The molecular formula is C20H20FN5O. The van der Waals surface area contributed by atoms with Crippen LogP contribution in [0.1, 0.15) is 28.9 Å². The zero-order chi connectivity index (χ0) is 18.6. The number of piperidine rings is 1. The number of aromatic nitrogens is 4. The van der Waals surface area contributed by atoms with E-state index in [1.165, 1.54) is 6.07 Å². The van der Waals surface area contributed by atoms with Gasteiger partial charge in [-0.05, 0) is 37.3 Å². The van der Waals surface area contributed by atoms with Crippen LogP contribution in [0.4, 0.5) is 4.39 Å². The number of amides is 1. The summed E-state index contributed by atoms with van der Waals surface area (Å²) in [4.78, 5) is 30.5. The van der Waals surface area contributed by atoms with Crippen molar-refractivity contribution in [1.82, 2.24) is 24.8 Å². The van der Waals surface area contributed by atoms with Gasteiger partial charge >= 0.3 is 0 Å². The van der Waals surface area contributed by atoms with Crippen LogP contribution in [0.15, 0.2) is 49.1 Å². The SMILES string of the molecule is O=C(c1ccccc1F)N1CCC[C@@H](Cc2cnc(-c3ncc[nH]3)cn2)C1. The number of benzene rings is 1. The first-order chi connectivity index (χ1) is 13.2. The molecule has 6 nitrogen and oxygen atoms in total. The third-order valence-electron chi connectivity index (χ3n) is 4.85. The number of nitrogens with zero attached hydrogens (tertiary/aromatic N) is 4. The van der Waals surface area contributed by atoms with E-state index in [9.17, 15) is 9.18 Å². The summed E-state index contributed by atoms with van der Waals surface area (Å²) >= 11 is 0. The van der Waals surface area contributed by atoms with Crippen LogP contribution in [0.5, 0.6) is 0 Å². The summed E-state index contributed by atoms with van der Waals surface area (Å²) in [5, 5.41) is 0. The molecule has 7 heteroatoms. The molecule has 1 saturated heterocycles. The third kappa shape index (κ3) is 3.86. The molecule has 2 aromatic heterocycles. The molecule has 0 unspecified atom stereocenters. The summed E-state index contributed by atoms with van der Waals surface area (Å²) in [6.07, 6.45) is 9.55. The summed E-state index contributed by atoms with van der Waals surface area (Å²) in [7, 11) is 0. The molecule has 1 fully saturated rings. The quantitative estimate of drug-likeness (QED) is 0.771. The number of likely N-dealkylation sites (tertiary alicyclic amines) is 1. The molecule has 0 aliphatic carbocycles. The van der Waals surface area contributed by atoms with Gasteiger partial charge in [0.25, 0.3) is 5.91 Å². The smallest absolute Gasteiger partial charge is 0.256 e. The molecule has 0 bridgehead atoms. The predicted molar refractivity (Wildman–Crippen MR) is 98.3 cm³/mol. The highest BCUT2D eigenvalue weighted by atomic mass is 19.1. The van der Waals surface area contributed by atoms with E-state index < -0.39 is 5.82 Å². The zero-order valence-corrected chi connectivity index (χ0v) is 14.8. The van der Waals surface area contributed by atoms with Gasteiger partial charge in [0.15, 0.2) is 5.82 Å². The molecule has 1 aliphatic rings. The van der Waals surface area contributed by atoms with E-state index >= 15 is 0 Å². The number of rotatable bonds is 4. The van der Waals surface area contributed by atoms with Crippen molar-refractivity contribution in [3.8, 4) is 11.5 Å². The van der Waals surface area contributed by atoms with Gasteiger partial charge in [-0.25, -0.2) is 14.4 Å². The van der Waals surface area contributed by atoms with Crippen LogP contribution in [0.25, 0.3) is 11.5 Å². The number of halogens is 1. The highest BCUT2D eigenvalue weighted by Crippen LogP contribution is 2.22. The monoisotopic (exact) mass is 365 g/mol. The van der Waals surface area contributed by atoms with Crippen LogP contribution >= 0.6 is 0 Å². The summed E-state index contributed by atoms with van der Waals surface area (Å²) in [6, 6.07) is 6.15. The number of aromatic amines is 1. The van der Waals surface area contributed by atoms with E-state index in [0.29, 0.717) is 30.5 Å². The highest BCUT2D eigenvalue weighted by molar-refractivity contribution is 5.94. The van der Waals surface area contributed by atoms with Gasteiger partial charge in [-0.15, -0.1) is 0 Å². The second kappa shape index (κ2) is 7.65. The van der Waals surface area contributed by atoms with Crippen molar-refractivity contribution in [2.45, 2.75) is 19.3 Å². The van der Waals surface area contributed by atoms with E-state index in [1.54, 1.807) is 47.9 Å². The molecule has 0 radical (unpaired) electrons. The average Bonchev–Trinajstić information content (AvgIpc) is 3.23. The summed E-state index contributed by atoms with van der Waals surface area (Å²) in [6.45, 7) is 1.27. The van der Waals surface area contributed by atoms with Gasteiger partial charge in [-0.2, -0.15) is 0 Å². The van der Waals surface area contributed by atoms with Gasteiger partial charge < -0.3 is 9.88 Å². The Labute approximate surface area is 156 Å². The van der Waals surface area contributed by atoms with Crippen molar-refractivity contribution >= 4 is 5.91 Å². The number of nitrogens with one attached hydrogen (secondary N) is 1. The lowest BCUT2D eigenvalue weighted by Crippen LogP contribution is -2.40. The molecule has 1 aromatic carbocycles. The lowest BCUT2D eigenvalue weighted by Gasteiger charge is -2.32. The number of H-pyrrole nitrogens is 1. The lowest BCUT2D eigenvalue weighted by atomic mass is 9.93. The van der Waals surface area contributed by atoms with Gasteiger partial charge in [0.2, 0.25) is 0 Å². The van der Waals surface area contributed by atoms with Crippen LogP contribution in [0, 0.1) is 11.7 Å². The van der Waals surface area contributed by atoms with Crippen molar-refractivity contribution in [2.24, 2.45) is 5.92 Å². The Bertz CT molecular complexity index is 910. The number of carbonyl (C=O) groups is 1. The molecular weight excluding hydrogens is 345 g/mol. The van der Waals surface area contributed by atoms with Crippen molar-refractivity contribution in [3.05, 3.63) is 66.1 Å². The minimum atomic E-state index is -0.469. The van der Waals surface area contributed by atoms with Gasteiger partial charge in [0.05, 0.1) is 17.5 Å². The van der Waals surface area contributed by atoms with Gasteiger partial charge in [-0.3, -0.25) is 9.78 Å². The van der Waals surface area contributed by atoms with Crippen LogP contribution in [-0.2, 0) is 6.42 Å². The molecule has 1 N–H and O–H groups in total. The summed E-state index contributed by atoms with van der Waals surface area (Å²) in [5.74, 6) is 0.271. The Morgan fingerprint density at radius 2 is 2.11 bits per heavy atom. The first-order valence-electron chi connectivity index (χ1n) is 9.05. The molecule has 27 heavy (non-hydrogen) atoms. The number of imidazole rings is 1. The van der Waals surface area contributed by atoms with E-state index in [-0.39, 0.29) is 11.5 Å². The van der Waals surface area contributed by atoms with Crippen LogP contribution in [0.3, 0.4) is 0 Å². The maximum Gasteiger partial charge on any atom is 0.256 e. The molecule has 3 heterocycles. The third-order valence-corrected chi connectivity index (χ3v) is 4.85.